The van der Waals surface area contributed by atoms with Crippen molar-refractivity contribution in [2.45, 2.75) is 13.3 Å². The van der Waals surface area contributed by atoms with E-state index in [1.165, 1.54) is 14.2 Å². The zero-order valence-corrected chi connectivity index (χ0v) is 7.87. The van der Waals surface area contributed by atoms with Crippen LogP contribution in [-0.2, 0) is 9.63 Å². The van der Waals surface area contributed by atoms with E-state index in [1.807, 2.05) is 0 Å². The van der Waals surface area contributed by atoms with Gasteiger partial charge in [0.25, 0.3) is 5.91 Å². The molecule has 0 atom stereocenters. The minimum absolute atomic E-state index is 0.133. The molecule has 13 heavy (non-hydrogen) atoms. The van der Waals surface area contributed by atoms with Gasteiger partial charge in [0.1, 0.15) is 12.8 Å². The van der Waals surface area contributed by atoms with Gasteiger partial charge < -0.3 is 15.4 Å². The van der Waals surface area contributed by atoms with E-state index in [2.05, 4.69) is 20.5 Å². The highest BCUT2D eigenvalue weighted by atomic mass is 16.6. The number of oxime groups is 2. The van der Waals surface area contributed by atoms with Gasteiger partial charge in [0.05, 0.1) is 0 Å². The van der Waals surface area contributed by atoms with Crippen molar-refractivity contribution in [3.63, 3.8) is 0 Å². The molecular weight excluding hydrogens is 174 g/mol. The molecule has 0 rings (SSSR count). The minimum Gasteiger partial charge on any atom is -0.410 e. The number of nitrogens with one attached hydrogen (secondary N) is 1. The maximum atomic E-state index is 11.1. The molecule has 0 aliphatic heterocycles. The summed E-state index contributed by atoms with van der Waals surface area (Å²) in [4.78, 5) is 15.6. The van der Waals surface area contributed by atoms with Gasteiger partial charge in [-0.1, -0.05) is 17.2 Å². The molecule has 0 aliphatic rings. The number of carbonyl (C=O) groups is 1. The van der Waals surface area contributed by atoms with Crippen LogP contribution in [0, 0.1) is 0 Å². The smallest absolute Gasteiger partial charge is 0.275 e. The topological polar surface area (TPSA) is 83.3 Å². The lowest BCUT2D eigenvalue weighted by Crippen LogP contribution is -2.33. The second-order valence-corrected chi connectivity index (χ2v) is 2.10. The number of hydrogen-bond acceptors (Lipinski definition) is 5. The Labute approximate surface area is 76.2 Å². The Morgan fingerprint density at radius 1 is 1.62 bits per heavy atom. The van der Waals surface area contributed by atoms with Gasteiger partial charge in [0.2, 0.25) is 0 Å². The third kappa shape index (κ3) is 3.10. The van der Waals surface area contributed by atoms with E-state index >= 15 is 0 Å². The van der Waals surface area contributed by atoms with Crippen LogP contribution in [0.2, 0.25) is 0 Å². The van der Waals surface area contributed by atoms with E-state index in [0.29, 0.717) is 12.1 Å². The number of nitrogens with zero attached hydrogens (tertiary/aromatic N) is 2. The minimum atomic E-state index is -0.500. The number of carbonyl (C=O) groups excluding carboxylic acids is 1. The molecule has 0 heterocycles. The Morgan fingerprint density at radius 3 is 2.54 bits per heavy atom. The zero-order chi connectivity index (χ0) is 10.3. The van der Waals surface area contributed by atoms with Crippen molar-refractivity contribution in [1.29, 1.82) is 0 Å². The van der Waals surface area contributed by atoms with Crippen molar-refractivity contribution < 1.29 is 14.8 Å². The SMILES string of the molecule is CCC(=N\OC)/C(=N/O)C(=O)NC. The first kappa shape index (κ1) is 11.4. The molecule has 0 radical (unpaired) electrons. The van der Waals surface area contributed by atoms with Crippen LogP contribution in [0.4, 0.5) is 0 Å². The molecule has 0 saturated carbocycles. The number of hydrogen-bond donors (Lipinski definition) is 2. The Hall–Kier alpha value is -1.59. The Kier molecular flexibility index (Phi) is 5.25. The lowest BCUT2D eigenvalue weighted by Gasteiger charge is -2.03. The van der Waals surface area contributed by atoms with Crippen molar-refractivity contribution in [1.82, 2.24) is 5.32 Å². The van der Waals surface area contributed by atoms with Crippen LogP contribution in [0.3, 0.4) is 0 Å². The third-order valence-electron chi connectivity index (χ3n) is 1.35. The van der Waals surface area contributed by atoms with Crippen LogP contribution >= 0.6 is 0 Å². The van der Waals surface area contributed by atoms with Crippen molar-refractivity contribution >= 4 is 17.3 Å². The first-order valence-electron chi connectivity index (χ1n) is 3.75. The summed E-state index contributed by atoms with van der Waals surface area (Å²) >= 11 is 0. The van der Waals surface area contributed by atoms with Crippen LogP contribution in [0.15, 0.2) is 10.3 Å². The molecular formula is C7H13N3O3. The number of rotatable bonds is 4. The summed E-state index contributed by atoms with van der Waals surface area (Å²) in [6.45, 7) is 1.77. The summed E-state index contributed by atoms with van der Waals surface area (Å²) < 4.78 is 0. The first-order valence-corrected chi connectivity index (χ1v) is 3.75. The van der Waals surface area contributed by atoms with E-state index in [9.17, 15) is 4.79 Å². The molecule has 1 amide bonds. The molecule has 0 saturated heterocycles. The maximum absolute atomic E-state index is 11.1. The van der Waals surface area contributed by atoms with Crippen molar-refractivity contribution in [2.75, 3.05) is 14.2 Å². The lowest BCUT2D eigenvalue weighted by molar-refractivity contribution is -0.114. The van der Waals surface area contributed by atoms with Gasteiger partial charge in [-0.3, -0.25) is 4.79 Å². The third-order valence-corrected chi connectivity index (χ3v) is 1.35. The van der Waals surface area contributed by atoms with Crippen LogP contribution in [0.5, 0.6) is 0 Å². The molecule has 0 aliphatic carbocycles. The summed E-state index contributed by atoms with van der Waals surface area (Å²) in [7, 11) is 2.79. The molecule has 6 heteroatoms. The van der Waals surface area contributed by atoms with Crippen molar-refractivity contribution in [2.24, 2.45) is 10.3 Å². The molecule has 74 valence electrons. The predicted octanol–water partition coefficient (Wildman–Crippen LogP) is -0.0250. The molecule has 0 aromatic carbocycles. The largest absolute Gasteiger partial charge is 0.410 e. The summed E-state index contributed by atoms with van der Waals surface area (Å²) in [6, 6.07) is 0. The second kappa shape index (κ2) is 5.99. The quantitative estimate of drug-likeness (QED) is 0.368. The average Bonchev–Trinajstić information content (AvgIpc) is 2.17. The molecule has 0 aromatic heterocycles. The zero-order valence-electron chi connectivity index (χ0n) is 7.87. The maximum Gasteiger partial charge on any atom is 0.275 e. The van der Waals surface area contributed by atoms with Gasteiger partial charge in [-0.2, -0.15) is 0 Å². The van der Waals surface area contributed by atoms with Crippen molar-refractivity contribution in [3.8, 4) is 0 Å². The van der Waals surface area contributed by atoms with Gasteiger partial charge >= 0.3 is 0 Å². The normalized spacial score (nSPS) is 12.5. The molecule has 0 aromatic rings. The van der Waals surface area contributed by atoms with E-state index < -0.39 is 5.91 Å². The Balaban J connectivity index is 4.75. The highest BCUT2D eigenvalue weighted by molar-refractivity contribution is 6.66. The standard InChI is InChI=1S/C7H13N3O3/c1-4-5(10-13-3)6(9-12)7(11)8-2/h12H,4H2,1-3H3,(H,8,11)/b9-6-,10-5+. The lowest BCUT2D eigenvalue weighted by atomic mass is 10.2. The predicted molar refractivity (Wildman–Crippen MR) is 48.0 cm³/mol. The van der Waals surface area contributed by atoms with Crippen LogP contribution < -0.4 is 5.32 Å². The fourth-order valence-electron chi connectivity index (χ4n) is 0.738. The van der Waals surface area contributed by atoms with E-state index in [4.69, 9.17) is 5.21 Å². The van der Waals surface area contributed by atoms with Crippen molar-refractivity contribution in [3.05, 3.63) is 0 Å². The second-order valence-electron chi connectivity index (χ2n) is 2.10. The number of amides is 1. The van der Waals surface area contributed by atoms with Gasteiger partial charge in [-0.05, 0) is 6.42 Å². The molecule has 0 fully saturated rings. The summed E-state index contributed by atoms with van der Waals surface area (Å²) in [5.41, 5.74) is 0.163. The highest BCUT2D eigenvalue weighted by Gasteiger charge is 2.16. The van der Waals surface area contributed by atoms with E-state index in [1.54, 1.807) is 6.92 Å². The fraction of sp³-hybridized carbons (Fsp3) is 0.571. The Morgan fingerprint density at radius 2 is 2.23 bits per heavy atom. The van der Waals surface area contributed by atoms with E-state index in [0.717, 1.165) is 0 Å². The van der Waals surface area contributed by atoms with Gasteiger partial charge in [0, 0.05) is 7.05 Å². The molecule has 6 nitrogen and oxygen atoms in total. The highest BCUT2D eigenvalue weighted by Crippen LogP contribution is 1.92. The van der Waals surface area contributed by atoms with Crippen LogP contribution in [0.25, 0.3) is 0 Å². The van der Waals surface area contributed by atoms with E-state index in [-0.39, 0.29) is 5.71 Å². The molecule has 0 unspecified atom stereocenters. The Bertz CT molecular complexity index is 235. The summed E-state index contributed by atoms with van der Waals surface area (Å²) in [6.07, 6.45) is 0.445. The molecule has 2 N–H and O–H groups in total. The molecule has 0 bridgehead atoms. The molecule has 0 spiro atoms. The summed E-state index contributed by atoms with van der Waals surface area (Å²) in [5.74, 6) is -0.500. The van der Waals surface area contributed by atoms with Gasteiger partial charge in [0.15, 0.2) is 5.71 Å². The summed E-state index contributed by atoms with van der Waals surface area (Å²) in [5, 5.41) is 17.3. The van der Waals surface area contributed by atoms with Crippen LogP contribution in [-0.4, -0.2) is 36.7 Å². The van der Waals surface area contributed by atoms with Gasteiger partial charge in [-0.25, -0.2) is 0 Å². The monoisotopic (exact) mass is 187 g/mol. The fourth-order valence-corrected chi connectivity index (χ4v) is 0.738. The first-order chi connectivity index (χ1) is 6.21. The van der Waals surface area contributed by atoms with Crippen LogP contribution in [0.1, 0.15) is 13.3 Å². The van der Waals surface area contributed by atoms with Gasteiger partial charge in [-0.15, -0.1) is 0 Å². The average molecular weight is 187 g/mol.